The molecule has 32 heavy (non-hydrogen) atoms. The lowest BCUT2D eigenvalue weighted by Gasteiger charge is -2.70. The maximum absolute atomic E-state index is 13.5. The van der Waals surface area contributed by atoms with Crippen LogP contribution in [0.3, 0.4) is 0 Å². The summed E-state index contributed by atoms with van der Waals surface area (Å²) >= 11 is 0. The Balaban J connectivity index is 1.37. The normalized spacial score (nSPS) is 29.7. The standard InChI is InChI=1S/C22H23F3N6O/c1-13-3-4-15-17(20-10-21(11-20,12-20)22(23,24)25)28-19(29-18(15)27-13)31-5-6-32-16(9-31)14-7-26-30(2)8-14/h3-4,7-8,16H,5-6,9-12H2,1-2H3/t16-,20?,21?/m1/s1. The number of hydrogen-bond acceptors (Lipinski definition) is 6. The third kappa shape index (κ3) is 2.78. The molecule has 0 N–H and O–H groups in total. The topological polar surface area (TPSA) is 69.0 Å². The fourth-order valence-corrected chi connectivity index (χ4v) is 5.62. The van der Waals surface area contributed by atoms with Crippen LogP contribution in [0.4, 0.5) is 19.1 Å². The van der Waals surface area contributed by atoms with E-state index in [1.807, 2.05) is 37.2 Å². The van der Waals surface area contributed by atoms with Crippen LogP contribution in [-0.4, -0.2) is 50.6 Å². The average Bonchev–Trinajstić information content (AvgIpc) is 3.11. The Morgan fingerprint density at radius 3 is 2.59 bits per heavy atom. The summed E-state index contributed by atoms with van der Waals surface area (Å²) in [6.07, 6.45) is -0.321. The second-order valence-corrected chi connectivity index (χ2v) is 9.54. The molecule has 0 radical (unpaired) electrons. The number of fused-ring (bicyclic) bond motifs is 1. The highest BCUT2D eigenvalue weighted by Crippen LogP contribution is 2.78. The van der Waals surface area contributed by atoms with Crippen LogP contribution in [0.5, 0.6) is 0 Å². The number of pyridine rings is 1. The lowest BCUT2D eigenvalue weighted by molar-refractivity contribution is -0.337. The minimum atomic E-state index is -4.16. The van der Waals surface area contributed by atoms with Crippen LogP contribution in [0.15, 0.2) is 24.5 Å². The molecule has 2 bridgehead atoms. The van der Waals surface area contributed by atoms with E-state index >= 15 is 0 Å². The lowest BCUT2D eigenvalue weighted by atomic mass is 9.33. The van der Waals surface area contributed by atoms with Crippen molar-refractivity contribution in [2.75, 3.05) is 24.6 Å². The summed E-state index contributed by atoms with van der Waals surface area (Å²) in [6.45, 7) is 3.53. The Morgan fingerprint density at radius 1 is 1.12 bits per heavy atom. The summed E-state index contributed by atoms with van der Waals surface area (Å²) < 4.78 is 48.1. The Bertz CT molecular complexity index is 1200. The van der Waals surface area contributed by atoms with Gasteiger partial charge in [0.1, 0.15) is 6.10 Å². The highest BCUT2D eigenvalue weighted by molar-refractivity contribution is 5.81. The third-order valence-electron chi connectivity index (χ3n) is 7.27. The van der Waals surface area contributed by atoms with Crippen molar-refractivity contribution in [1.29, 1.82) is 0 Å². The molecule has 4 aliphatic rings. The summed E-state index contributed by atoms with van der Waals surface area (Å²) in [6, 6.07) is 3.77. The highest BCUT2D eigenvalue weighted by Gasteiger charge is 2.79. The van der Waals surface area contributed by atoms with Crippen LogP contribution in [0.25, 0.3) is 11.0 Å². The number of anilines is 1. The fraction of sp³-hybridized carbons (Fsp3) is 0.545. The maximum Gasteiger partial charge on any atom is 0.394 e. The molecule has 3 aromatic heterocycles. The molecule has 3 saturated carbocycles. The average molecular weight is 444 g/mol. The first-order chi connectivity index (χ1) is 15.2. The van der Waals surface area contributed by atoms with Gasteiger partial charge in [-0.1, -0.05) is 0 Å². The first-order valence-electron chi connectivity index (χ1n) is 10.8. The van der Waals surface area contributed by atoms with Gasteiger partial charge in [0.05, 0.1) is 30.5 Å². The zero-order valence-electron chi connectivity index (χ0n) is 17.9. The van der Waals surface area contributed by atoms with E-state index < -0.39 is 17.0 Å². The lowest BCUT2D eigenvalue weighted by Crippen LogP contribution is -2.70. The van der Waals surface area contributed by atoms with Crippen LogP contribution in [0.1, 0.15) is 42.3 Å². The second kappa shape index (κ2) is 6.40. The van der Waals surface area contributed by atoms with Crippen LogP contribution >= 0.6 is 0 Å². The zero-order valence-corrected chi connectivity index (χ0v) is 17.9. The molecule has 4 heterocycles. The number of rotatable bonds is 3. The van der Waals surface area contributed by atoms with Gasteiger partial charge >= 0.3 is 6.18 Å². The first kappa shape index (κ1) is 19.9. The number of halogens is 3. The minimum Gasteiger partial charge on any atom is -0.370 e. The molecule has 0 amide bonds. The van der Waals surface area contributed by atoms with Crippen molar-refractivity contribution < 1.29 is 17.9 Å². The molecule has 3 aromatic rings. The second-order valence-electron chi connectivity index (χ2n) is 9.54. The number of ether oxygens (including phenoxy) is 1. The molecule has 1 aliphatic heterocycles. The van der Waals surface area contributed by atoms with Gasteiger partial charge in [-0.25, -0.2) is 9.97 Å². The van der Waals surface area contributed by atoms with Crippen molar-refractivity contribution >= 4 is 17.0 Å². The van der Waals surface area contributed by atoms with Gasteiger partial charge in [-0.2, -0.15) is 23.3 Å². The number of aryl methyl sites for hydroxylation is 2. The van der Waals surface area contributed by atoms with Crippen LogP contribution < -0.4 is 4.90 Å². The molecule has 1 saturated heterocycles. The predicted molar refractivity (Wildman–Crippen MR) is 110 cm³/mol. The van der Waals surface area contributed by atoms with Gasteiger partial charge in [-0.3, -0.25) is 4.68 Å². The monoisotopic (exact) mass is 444 g/mol. The molecule has 0 unspecified atom stereocenters. The van der Waals surface area contributed by atoms with Gasteiger partial charge in [0.25, 0.3) is 0 Å². The third-order valence-corrected chi connectivity index (χ3v) is 7.27. The van der Waals surface area contributed by atoms with Gasteiger partial charge < -0.3 is 9.64 Å². The van der Waals surface area contributed by atoms with E-state index in [2.05, 4.69) is 10.1 Å². The van der Waals surface area contributed by atoms with E-state index in [9.17, 15) is 13.2 Å². The van der Waals surface area contributed by atoms with Crippen molar-refractivity contribution in [2.45, 2.75) is 43.9 Å². The molecule has 0 aromatic carbocycles. The molecule has 3 aliphatic carbocycles. The summed E-state index contributed by atoms with van der Waals surface area (Å²) in [4.78, 5) is 16.2. The molecule has 168 valence electrons. The van der Waals surface area contributed by atoms with Gasteiger partial charge in [0.2, 0.25) is 5.95 Å². The maximum atomic E-state index is 13.5. The van der Waals surface area contributed by atoms with Crippen LogP contribution in [0, 0.1) is 12.3 Å². The summed E-state index contributed by atoms with van der Waals surface area (Å²) in [5.41, 5.74) is 0.969. The Hall–Kier alpha value is -2.75. The van der Waals surface area contributed by atoms with Crippen molar-refractivity contribution in [3.05, 3.63) is 41.5 Å². The number of nitrogens with zero attached hydrogens (tertiary/aromatic N) is 6. The quantitative estimate of drug-likeness (QED) is 0.615. The van der Waals surface area contributed by atoms with Gasteiger partial charge in [-0.15, -0.1) is 0 Å². The van der Waals surface area contributed by atoms with Gasteiger partial charge in [0.15, 0.2) is 5.65 Å². The first-order valence-corrected chi connectivity index (χ1v) is 10.8. The zero-order chi connectivity index (χ0) is 22.3. The van der Waals surface area contributed by atoms with Crippen molar-refractivity contribution in [2.24, 2.45) is 12.5 Å². The largest absolute Gasteiger partial charge is 0.394 e. The van der Waals surface area contributed by atoms with E-state index in [1.165, 1.54) is 0 Å². The summed E-state index contributed by atoms with van der Waals surface area (Å²) in [5.74, 6) is 0.508. The molecule has 0 spiro atoms. The molecular formula is C22H23F3N6O. The number of alkyl halides is 3. The molecule has 1 atom stereocenters. The van der Waals surface area contributed by atoms with Crippen molar-refractivity contribution in [3.8, 4) is 0 Å². The van der Waals surface area contributed by atoms with Crippen molar-refractivity contribution in [1.82, 2.24) is 24.7 Å². The van der Waals surface area contributed by atoms with E-state index in [1.54, 1.807) is 10.9 Å². The molecular weight excluding hydrogens is 421 g/mol. The Kier molecular flexibility index (Phi) is 3.98. The summed E-state index contributed by atoms with van der Waals surface area (Å²) in [7, 11) is 1.86. The smallest absolute Gasteiger partial charge is 0.370 e. The van der Waals surface area contributed by atoms with Crippen molar-refractivity contribution in [3.63, 3.8) is 0 Å². The fourth-order valence-electron chi connectivity index (χ4n) is 5.62. The minimum absolute atomic E-state index is 0.102. The van der Waals surface area contributed by atoms with E-state index in [-0.39, 0.29) is 25.4 Å². The van der Waals surface area contributed by atoms with E-state index in [0.29, 0.717) is 37.0 Å². The van der Waals surface area contributed by atoms with E-state index in [4.69, 9.17) is 14.7 Å². The van der Waals surface area contributed by atoms with E-state index in [0.717, 1.165) is 16.6 Å². The van der Waals surface area contributed by atoms with Gasteiger partial charge in [0, 0.05) is 41.8 Å². The predicted octanol–water partition coefficient (Wildman–Crippen LogP) is 3.63. The van der Waals surface area contributed by atoms with Gasteiger partial charge in [-0.05, 0) is 38.3 Å². The number of aromatic nitrogens is 5. The number of hydrogen-bond donors (Lipinski definition) is 0. The highest BCUT2D eigenvalue weighted by atomic mass is 19.4. The summed E-state index contributed by atoms with van der Waals surface area (Å²) in [5, 5.41) is 4.98. The molecule has 10 heteroatoms. The number of morpholine rings is 1. The Labute approximate surface area is 182 Å². The van der Waals surface area contributed by atoms with Crippen LogP contribution in [-0.2, 0) is 17.2 Å². The van der Waals surface area contributed by atoms with Crippen LogP contribution in [0.2, 0.25) is 0 Å². The molecule has 7 nitrogen and oxygen atoms in total. The molecule has 4 fully saturated rings. The SMILES string of the molecule is Cc1ccc2c(C34CC(C(F)(F)F)(C3)C4)nc(N3CCO[C@@H](c4cnn(C)c4)C3)nc2n1. The molecule has 7 rings (SSSR count). The Morgan fingerprint density at radius 2 is 1.91 bits per heavy atom.